The number of aliphatic imine (C=N–C) groups is 1. The van der Waals surface area contributed by atoms with E-state index in [1.165, 1.54) is 45.3 Å². The average Bonchev–Trinajstić information content (AvgIpc) is 3.14. The number of rotatable bonds is 10. The van der Waals surface area contributed by atoms with E-state index in [-0.39, 0.29) is 24.0 Å². The van der Waals surface area contributed by atoms with Gasteiger partial charge < -0.3 is 15.5 Å². The molecule has 0 amide bonds. The summed E-state index contributed by atoms with van der Waals surface area (Å²) in [6.07, 6.45) is 7.99. The Morgan fingerprint density at radius 3 is 2.81 bits per heavy atom. The Morgan fingerprint density at radius 1 is 1.35 bits per heavy atom. The largest absolute Gasteiger partial charge is 0.357 e. The summed E-state index contributed by atoms with van der Waals surface area (Å²) in [6.45, 7) is 9.85. The zero-order chi connectivity index (χ0) is 17.7. The van der Waals surface area contributed by atoms with Crippen LogP contribution in [0.15, 0.2) is 20.9 Å². The molecule has 1 aromatic heterocycles. The molecule has 1 aromatic rings. The highest BCUT2D eigenvalue weighted by molar-refractivity contribution is 14.0. The van der Waals surface area contributed by atoms with E-state index in [1.54, 1.807) is 11.3 Å². The van der Waals surface area contributed by atoms with Crippen molar-refractivity contribution >= 4 is 53.0 Å². The molecule has 0 bridgehead atoms. The molecule has 1 fully saturated rings. The monoisotopic (exact) mass is 511 g/mol. The van der Waals surface area contributed by atoms with Crippen molar-refractivity contribution in [2.75, 3.05) is 38.5 Å². The first-order valence-electron chi connectivity index (χ1n) is 9.61. The lowest BCUT2D eigenvalue weighted by atomic mass is 10.0. The summed E-state index contributed by atoms with van der Waals surface area (Å²) < 4.78 is 1.16. The molecule has 0 spiro atoms. The maximum atomic E-state index is 4.75. The molecule has 1 aliphatic heterocycles. The molecule has 0 saturated carbocycles. The number of thioether (sulfide) groups is 1. The highest BCUT2D eigenvalue weighted by Gasteiger charge is 2.19. The predicted molar refractivity (Wildman–Crippen MR) is 126 cm³/mol. The van der Waals surface area contributed by atoms with Gasteiger partial charge in [0, 0.05) is 49.6 Å². The van der Waals surface area contributed by atoms with Gasteiger partial charge in [0.2, 0.25) is 0 Å². The second-order valence-electron chi connectivity index (χ2n) is 6.37. The maximum Gasteiger partial charge on any atom is 0.191 e. The van der Waals surface area contributed by atoms with Gasteiger partial charge in [-0.25, -0.2) is 4.98 Å². The van der Waals surface area contributed by atoms with Gasteiger partial charge in [0.15, 0.2) is 5.96 Å². The first kappa shape index (κ1) is 24.0. The lowest BCUT2D eigenvalue weighted by Gasteiger charge is -2.33. The van der Waals surface area contributed by atoms with E-state index in [2.05, 4.69) is 34.4 Å². The minimum absolute atomic E-state index is 0. The van der Waals surface area contributed by atoms with Gasteiger partial charge >= 0.3 is 0 Å². The highest BCUT2D eigenvalue weighted by Crippen LogP contribution is 2.20. The Kier molecular flexibility index (Phi) is 13.8. The Balaban J connectivity index is 0.00000338. The first-order chi connectivity index (χ1) is 12.3. The summed E-state index contributed by atoms with van der Waals surface area (Å²) in [6, 6.07) is 0.556. The van der Waals surface area contributed by atoms with Crippen LogP contribution in [0, 0.1) is 0 Å². The van der Waals surface area contributed by atoms with Crippen LogP contribution in [0.25, 0.3) is 0 Å². The second kappa shape index (κ2) is 14.9. The van der Waals surface area contributed by atoms with Crippen molar-refractivity contribution in [1.29, 1.82) is 0 Å². The smallest absolute Gasteiger partial charge is 0.191 e. The minimum atomic E-state index is 0. The molecule has 26 heavy (non-hydrogen) atoms. The quantitative estimate of drug-likeness (QED) is 0.163. The van der Waals surface area contributed by atoms with Crippen LogP contribution in [-0.4, -0.2) is 60.4 Å². The number of nitrogens with one attached hydrogen (secondary N) is 2. The van der Waals surface area contributed by atoms with Crippen LogP contribution in [0.1, 0.15) is 46.0 Å². The van der Waals surface area contributed by atoms with Gasteiger partial charge in [-0.05, 0) is 39.2 Å². The third-order valence-electron chi connectivity index (χ3n) is 4.31. The highest BCUT2D eigenvalue weighted by atomic mass is 127. The molecule has 2 N–H and O–H groups in total. The van der Waals surface area contributed by atoms with Crippen LogP contribution in [0.3, 0.4) is 0 Å². The molecule has 150 valence electrons. The normalized spacial score (nSPS) is 16.3. The lowest BCUT2D eigenvalue weighted by Crippen LogP contribution is -2.48. The number of likely N-dealkylation sites (tertiary alicyclic amines) is 1. The van der Waals surface area contributed by atoms with Gasteiger partial charge in [-0.2, -0.15) is 0 Å². The minimum Gasteiger partial charge on any atom is -0.357 e. The topological polar surface area (TPSA) is 52.5 Å². The van der Waals surface area contributed by atoms with Gasteiger partial charge in [0.1, 0.15) is 4.34 Å². The summed E-state index contributed by atoms with van der Waals surface area (Å²) in [5, 5.41) is 9.05. The zero-order valence-corrected chi connectivity index (χ0v) is 20.0. The fourth-order valence-corrected chi connectivity index (χ4v) is 4.52. The summed E-state index contributed by atoms with van der Waals surface area (Å²) in [4.78, 5) is 11.6. The molecular formula is C18H34IN5S2. The van der Waals surface area contributed by atoms with E-state index >= 15 is 0 Å². The van der Waals surface area contributed by atoms with E-state index < -0.39 is 0 Å². The lowest BCUT2D eigenvalue weighted by molar-refractivity contribution is 0.203. The molecule has 5 nitrogen and oxygen atoms in total. The second-order valence-corrected chi connectivity index (χ2v) is 8.61. The van der Waals surface area contributed by atoms with Crippen LogP contribution < -0.4 is 10.6 Å². The molecule has 2 heterocycles. The molecular weight excluding hydrogens is 477 g/mol. The summed E-state index contributed by atoms with van der Waals surface area (Å²) in [7, 11) is 0. The van der Waals surface area contributed by atoms with Crippen molar-refractivity contribution in [1.82, 2.24) is 20.5 Å². The fourth-order valence-electron chi connectivity index (χ4n) is 2.89. The van der Waals surface area contributed by atoms with E-state index in [9.17, 15) is 0 Å². The maximum absolute atomic E-state index is 4.75. The van der Waals surface area contributed by atoms with Gasteiger partial charge in [-0.15, -0.1) is 35.3 Å². The van der Waals surface area contributed by atoms with Crippen LogP contribution in [0.4, 0.5) is 0 Å². The molecule has 0 atom stereocenters. The van der Waals surface area contributed by atoms with Crippen molar-refractivity contribution in [2.45, 2.75) is 56.3 Å². The molecule has 8 heteroatoms. The number of halogens is 1. The predicted octanol–water partition coefficient (Wildman–Crippen LogP) is 4.06. The van der Waals surface area contributed by atoms with Gasteiger partial charge in [0.05, 0.1) is 0 Å². The Hall–Kier alpha value is -0.0600. The van der Waals surface area contributed by atoms with Crippen molar-refractivity contribution < 1.29 is 0 Å². The molecule has 2 rings (SSSR count). The number of piperidine rings is 1. The number of unbranched alkanes of at least 4 members (excludes halogenated alkanes) is 1. The van der Waals surface area contributed by atoms with Crippen molar-refractivity contribution in [3.63, 3.8) is 0 Å². The van der Waals surface area contributed by atoms with Crippen LogP contribution in [-0.2, 0) is 0 Å². The van der Waals surface area contributed by atoms with Crippen LogP contribution in [0.2, 0.25) is 0 Å². The standard InChI is InChI=1S/C18H33N5S2.HI/c1-3-5-11-23-12-7-16(8-13-23)22-17(19-4-2)20-9-6-14-24-18-21-10-15-25-18;/h10,15-16H,3-9,11-14H2,1-2H3,(H2,19,20,22);1H. The molecule has 1 saturated heterocycles. The average molecular weight is 512 g/mol. The Bertz CT molecular complexity index is 476. The molecule has 0 aliphatic carbocycles. The van der Waals surface area contributed by atoms with Gasteiger partial charge in [0.25, 0.3) is 0 Å². The SMILES string of the molecule is CCCCN1CCC(NC(=NCCCSc2nccs2)NCC)CC1.I. The van der Waals surface area contributed by atoms with Crippen LogP contribution >= 0.6 is 47.1 Å². The third-order valence-corrected chi connectivity index (χ3v) is 6.36. The van der Waals surface area contributed by atoms with Crippen molar-refractivity contribution in [2.24, 2.45) is 4.99 Å². The summed E-state index contributed by atoms with van der Waals surface area (Å²) in [5.74, 6) is 2.06. The van der Waals surface area contributed by atoms with E-state index in [4.69, 9.17) is 4.99 Å². The number of hydrogen-bond donors (Lipinski definition) is 2. The summed E-state index contributed by atoms with van der Waals surface area (Å²) in [5.41, 5.74) is 0. The van der Waals surface area contributed by atoms with E-state index in [0.29, 0.717) is 6.04 Å². The zero-order valence-electron chi connectivity index (χ0n) is 16.1. The van der Waals surface area contributed by atoms with E-state index in [1.807, 2.05) is 23.3 Å². The van der Waals surface area contributed by atoms with Crippen LogP contribution in [0.5, 0.6) is 0 Å². The molecule has 0 aromatic carbocycles. The van der Waals surface area contributed by atoms with Gasteiger partial charge in [-0.3, -0.25) is 4.99 Å². The van der Waals surface area contributed by atoms with E-state index in [0.717, 1.165) is 35.6 Å². The first-order valence-corrected chi connectivity index (χ1v) is 11.5. The summed E-state index contributed by atoms with van der Waals surface area (Å²) >= 11 is 3.54. The molecule has 1 aliphatic rings. The molecule has 0 unspecified atom stereocenters. The number of nitrogens with zero attached hydrogens (tertiary/aromatic N) is 3. The number of thiazole rings is 1. The Morgan fingerprint density at radius 2 is 2.15 bits per heavy atom. The number of guanidine groups is 1. The fraction of sp³-hybridized carbons (Fsp3) is 0.778. The number of hydrogen-bond acceptors (Lipinski definition) is 5. The molecule has 0 radical (unpaired) electrons. The number of aromatic nitrogens is 1. The Labute approximate surface area is 184 Å². The third kappa shape index (κ3) is 9.75. The van der Waals surface area contributed by atoms with Crippen molar-refractivity contribution in [3.8, 4) is 0 Å². The van der Waals surface area contributed by atoms with Gasteiger partial charge in [-0.1, -0.05) is 25.1 Å². The van der Waals surface area contributed by atoms with Crippen molar-refractivity contribution in [3.05, 3.63) is 11.6 Å².